The van der Waals surface area contributed by atoms with E-state index in [1.807, 2.05) is 24.0 Å². The van der Waals surface area contributed by atoms with Crippen LogP contribution in [0.2, 0.25) is 5.02 Å². The van der Waals surface area contributed by atoms with Gasteiger partial charge in [0.1, 0.15) is 11.6 Å². The molecule has 1 heterocycles. The van der Waals surface area contributed by atoms with Crippen LogP contribution in [0, 0.1) is 5.82 Å². The largest absolute Gasteiger partial charge is 0.494 e. The molecule has 138 valence electrons. The summed E-state index contributed by atoms with van der Waals surface area (Å²) in [7, 11) is 0. The van der Waals surface area contributed by atoms with Crippen molar-refractivity contribution >= 4 is 17.5 Å². The first-order chi connectivity index (χ1) is 12.6. The smallest absolute Gasteiger partial charge is 0.253 e. The Balaban J connectivity index is 1.55. The molecule has 4 nitrogen and oxygen atoms in total. The van der Waals surface area contributed by atoms with Crippen LogP contribution < -0.4 is 4.74 Å². The molecule has 0 N–H and O–H groups in total. The van der Waals surface area contributed by atoms with E-state index in [0.29, 0.717) is 36.8 Å². The maximum absolute atomic E-state index is 13.1. The summed E-state index contributed by atoms with van der Waals surface area (Å²) in [5, 5.41) is 0.442. The lowest BCUT2D eigenvalue weighted by Gasteiger charge is -2.35. The first kappa shape index (κ1) is 18.7. The standard InChI is InChI=1S/C20H22ClFN2O2/c1-2-26-18-7-4-15(5-8-18)20(25)24-11-9-23(10-12-24)14-16-3-6-17(22)13-19(16)21/h3-8,13H,2,9-12,14H2,1H3. The Kier molecular flexibility index (Phi) is 6.12. The highest BCUT2D eigenvalue weighted by Gasteiger charge is 2.22. The Morgan fingerprint density at radius 1 is 1.12 bits per heavy atom. The second-order valence-electron chi connectivity index (χ2n) is 6.26. The zero-order valence-corrected chi connectivity index (χ0v) is 15.5. The minimum absolute atomic E-state index is 0.0347. The summed E-state index contributed by atoms with van der Waals surface area (Å²) in [6, 6.07) is 11.7. The van der Waals surface area contributed by atoms with Crippen LogP contribution in [0.4, 0.5) is 4.39 Å². The van der Waals surface area contributed by atoms with Crippen LogP contribution in [0.1, 0.15) is 22.8 Å². The third-order valence-corrected chi connectivity index (χ3v) is 4.83. The number of nitrogens with zero attached hydrogens (tertiary/aromatic N) is 2. The SMILES string of the molecule is CCOc1ccc(C(=O)N2CCN(Cc3ccc(F)cc3Cl)CC2)cc1. The second kappa shape index (κ2) is 8.52. The molecule has 0 bridgehead atoms. The molecule has 1 amide bonds. The predicted molar refractivity (Wildman–Crippen MR) is 100 cm³/mol. The van der Waals surface area contributed by atoms with Crippen molar-refractivity contribution in [2.75, 3.05) is 32.8 Å². The molecule has 1 fully saturated rings. The van der Waals surface area contributed by atoms with Crippen molar-refractivity contribution in [3.8, 4) is 5.75 Å². The van der Waals surface area contributed by atoms with Gasteiger partial charge in [0.05, 0.1) is 6.61 Å². The van der Waals surface area contributed by atoms with Crippen molar-refractivity contribution in [2.24, 2.45) is 0 Å². The number of hydrogen-bond acceptors (Lipinski definition) is 3. The highest BCUT2D eigenvalue weighted by atomic mass is 35.5. The number of rotatable bonds is 5. The zero-order valence-electron chi connectivity index (χ0n) is 14.8. The molecule has 1 aliphatic rings. The number of hydrogen-bond donors (Lipinski definition) is 0. The summed E-state index contributed by atoms with van der Waals surface area (Å²) in [6.07, 6.45) is 0. The maximum Gasteiger partial charge on any atom is 0.253 e. The van der Waals surface area contributed by atoms with Crippen LogP contribution in [-0.4, -0.2) is 48.5 Å². The summed E-state index contributed by atoms with van der Waals surface area (Å²) in [5.41, 5.74) is 1.57. The lowest BCUT2D eigenvalue weighted by Crippen LogP contribution is -2.48. The van der Waals surface area contributed by atoms with E-state index in [1.54, 1.807) is 18.2 Å². The van der Waals surface area contributed by atoms with Crippen molar-refractivity contribution in [3.05, 3.63) is 64.4 Å². The van der Waals surface area contributed by atoms with Gasteiger partial charge in [0.15, 0.2) is 0 Å². The van der Waals surface area contributed by atoms with Crippen LogP contribution in [0.25, 0.3) is 0 Å². The molecule has 0 atom stereocenters. The van der Waals surface area contributed by atoms with Gasteiger partial charge >= 0.3 is 0 Å². The minimum Gasteiger partial charge on any atom is -0.494 e. The number of halogens is 2. The maximum atomic E-state index is 13.1. The monoisotopic (exact) mass is 376 g/mol. The van der Waals surface area contributed by atoms with Crippen molar-refractivity contribution < 1.29 is 13.9 Å². The zero-order chi connectivity index (χ0) is 18.5. The van der Waals surface area contributed by atoms with Crippen LogP contribution in [0.5, 0.6) is 5.75 Å². The Hall–Kier alpha value is -2.11. The van der Waals surface area contributed by atoms with Gasteiger partial charge in [-0.1, -0.05) is 17.7 Å². The molecule has 2 aromatic rings. The van der Waals surface area contributed by atoms with Gasteiger partial charge in [-0.3, -0.25) is 9.69 Å². The average molecular weight is 377 g/mol. The molecule has 1 saturated heterocycles. The summed E-state index contributed by atoms with van der Waals surface area (Å²) >= 11 is 6.10. The Morgan fingerprint density at radius 2 is 1.81 bits per heavy atom. The fourth-order valence-corrected chi connectivity index (χ4v) is 3.27. The first-order valence-electron chi connectivity index (χ1n) is 8.75. The molecule has 6 heteroatoms. The van der Waals surface area contributed by atoms with Gasteiger partial charge < -0.3 is 9.64 Å². The summed E-state index contributed by atoms with van der Waals surface area (Å²) < 4.78 is 18.6. The Labute approximate surface area is 158 Å². The normalized spacial score (nSPS) is 15.1. The van der Waals surface area contributed by atoms with Crippen molar-refractivity contribution in [2.45, 2.75) is 13.5 Å². The van der Waals surface area contributed by atoms with Gasteiger partial charge in [0.2, 0.25) is 0 Å². The third kappa shape index (κ3) is 4.54. The number of carbonyl (C=O) groups is 1. The molecule has 0 unspecified atom stereocenters. The van der Waals surface area contributed by atoms with E-state index < -0.39 is 0 Å². The van der Waals surface area contributed by atoms with Crippen molar-refractivity contribution in [3.63, 3.8) is 0 Å². The van der Waals surface area contributed by atoms with E-state index in [0.717, 1.165) is 24.4 Å². The fourth-order valence-electron chi connectivity index (χ4n) is 3.04. The third-order valence-electron chi connectivity index (χ3n) is 4.48. The van der Waals surface area contributed by atoms with Crippen LogP contribution in [0.15, 0.2) is 42.5 Å². The minimum atomic E-state index is -0.329. The van der Waals surface area contributed by atoms with Crippen LogP contribution in [0.3, 0.4) is 0 Å². The summed E-state index contributed by atoms with van der Waals surface area (Å²) in [6.45, 7) is 6.03. The number of benzene rings is 2. The topological polar surface area (TPSA) is 32.8 Å². The quantitative estimate of drug-likeness (QED) is 0.795. The molecule has 0 spiro atoms. The number of piperazine rings is 1. The van der Waals surface area contributed by atoms with Gasteiger partial charge in [0, 0.05) is 43.3 Å². The van der Waals surface area contributed by atoms with E-state index in [1.165, 1.54) is 12.1 Å². The molecule has 2 aromatic carbocycles. The second-order valence-corrected chi connectivity index (χ2v) is 6.67. The molecule has 1 aliphatic heterocycles. The fraction of sp³-hybridized carbons (Fsp3) is 0.350. The van der Waals surface area contributed by atoms with Crippen LogP contribution in [-0.2, 0) is 6.54 Å². The van der Waals surface area contributed by atoms with E-state index in [-0.39, 0.29) is 11.7 Å². The first-order valence-corrected chi connectivity index (χ1v) is 9.13. The molecule has 0 aliphatic carbocycles. The number of ether oxygens (including phenoxy) is 1. The van der Waals surface area contributed by atoms with Crippen molar-refractivity contribution in [1.82, 2.24) is 9.80 Å². The molecule has 0 saturated carbocycles. The van der Waals surface area contributed by atoms with Gasteiger partial charge in [-0.05, 0) is 48.9 Å². The average Bonchev–Trinajstić information content (AvgIpc) is 2.65. The number of amides is 1. The molecule has 0 radical (unpaired) electrons. The highest BCUT2D eigenvalue weighted by molar-refractivity contribution is 6.31. The molecular formula is C20H22ClFN2O2. The number of carbonyl (C=O) groups excluding carboxylic acids is 1. The van der Waals surface area contributed by atoms with E-state index in [4.69, 9.17) is 16.3 Å². The van der Waals surface area contributed by atoms with Gasteiger partial charge in [-0.2, -0.15) is 0 Å². The van der Waals surface area contributed by atoms with E-state index in [2.05, 4.69) is 4.90 Å². The highest BCUT2D eigenvalue weighted by Crippen LogP contribution is 2.20. The van der Waals surface area contributed by atoms with Gasteiger partial charge in [-0.15, -0.1) is 0 Å². The summed E-state index contributed by atoms with van der Waals surface area (Å²) in [5.74, 6) is 0.474. The summed E-state index contributed by atoms with van der Waals surface area (Å²) in [4.78, 5) is 16.7. The predicted octanol–water partition coefficient (Wildman–Crippen LogP) is 3.84. The van der Waals surface area contributed by atoms with Gasteiger partial charge in [0.25, 0.3) is 5.91 Å². The Bertz CT molecular complexity index is 759. The van der Waals surface area contributed by atoms with E-state index >= 15 is 0 Å². The molecule has 3 rings (SSSR count). The van der Waals surface area contributed by atoms with Crippen molar-refractivity contribution in [1.29, 1.82) is 0 Å². The Morgan fingerprint density at radius 3 is 2.42 bits per heavy atom. The lowest BCUT2D eigenvalue weighted by atomic mass is 10.1. The van der Waals surface area contributed by atoms with E-state index in [9.17, 15) is 9.18 Å². The molecule has 26 heavy (non-hydrogen) atoms. The lowest BCUT2D eigenvalue weighted by molar-refractivity contribution is 0.0628. The molecular weight excluding hydrogens is 355 g/mol. The van der Waals surface area contributed by atoms with Gasteiger partial charge in [-0.25, -0.2) is 4.39 Å². The molecule has 0 aromatic heterocycles. The van der Waals surface area contributed by atoms with Crippen LogP contribution >= 0.6 is 11.6 Å².